The Kier molecular flexibility index (Phi) is 5.99. The summed E-state index contributed by atoms with van der Waals surface area (Å²) in [6.45, 7) is 13.1. The molecule has 0 atom stereocenters. The molecule has 2 aliphatic rings. The van der Waals surface area contributed by atoms with Gasteiger partial charge in [0.05, 0.1) is 12.2 Å². The molecule has 5 nitrogen and oxygen atoms in total. The second-order valence-corrected chi connectivity index (χ2v) is 10.3. The van der Waals surface area contributed by atoms with Gasteiger partial charge in [-0.15, -0.1) is 11.3 Å². The highest BCUT2D eigenvalue weighted by Crippen LogP contribution is 2.34. The number of rotatable bonds is 5. The van der Waals surface area contributed by atoms with Gasteiger partial charge in [0.1, 0.15) is 11.8 Å². The molecule has 1 fully saturated rings. The summed E-state index contributed by atoms with van der Waals surface area (Å²) in [5, 5.41) is 1.23. The lowest BCUT2D eigenvalue weighted by atomic mass is 9.99. The van der Waals surface area contributed by atoms with Crippen molar-refractivity contribution in [1.29, 1.82) is 0 Å². The second kappa shape index (κ2) is 8.91. The Labute approximate surface area is 194 Å². The molecule has 0 N–H and O–H groups in total. The zero-order chi connectivity index (χ0) is 22.2. The molecule has 0 radical (unpaired) electrons. The van der Waals surface area contributed by atoms with E-state index in [-0.39, 0.29) is 5.91 Å². The predicted octanol–water partition coefficient (Wildman–Crippen LogP) is 4.63. The summed E-state index contributed by atoms with van der Waals surface area (Å²) in [4.78, 5) is 21.8. The number of hydrogen-bond donors (Lipinski definition) is 0. The summed E-state index contributed by atoms with van der Waals surface area (Å²) in [5.74, 6) is 0.196. The summed E-state index contributed by atoms with van der Waals surface area (Å²) in [6.07, 6.45) is 5.16. The molecule has 0 spiro atoms. The summed E-state index contributed by atoms with van der Waals surface area (Å²) in [5.41, 5.74) is 6.59. The second-order valence-electron chi connectivity index (χ2n) is 9.15. The van der Waals surface area contributed by atoms with Crippen LogP contribution in [0.4, 0.5) is 5.69 Å². The van der Waals surface area contributed by atoms with Gasteiger partial charge in [-0.2, -0.15) is 0 Å². The van der Waals surface area contributed by atoms with Crippen molar-refractivity contribution in [2.75, 3.05) is 44.2 Å². The molecule has 2 aliphatic heterocycles. The lowest BCUT2D eigenvalue weighted by Gasteiger charge is -2.35. The Bertz CT molecular complexity index is 1120. The third kappa shape index (κ3) is 4.06. The van der Waals surface area contributed by atoms with Crippen LogP contribution in [0.1, 0.15) is 40.3 Å². The number of hydrogen-bond acceptors (Lipinski definition) is 5. The van der Waals surface area contributed by atoms with E-state index in [1.165, 1.54) is 27.1 Å². The summed E-state index contributed by atoms with van der Waals surface area (Å²) >= 11 is 1.95. The lowest BCUT2D eigenvalue weighted by Crippen LogP contribution is -2.46. The Morgan fingerprint density at radius 3 is 2.72 bits per heavy atom. The van der Waals surface area contributed by atoms with E-state index in [9.17, 15) is 4.79 Å². The van der Waals surface area contributed by atoms with Gasteiger partial charge in [0.2, 0.25) is 5.91 Å². The highest BCUT2D eigenvalue weighted by molar-refractivity contribution is 7.12. The standard InChI is InChI=1S/C26H33N3O2S/c1-4-20-21-7-10-29(19(3)30)16-26(21)32-25(20)8-9-27-11-13-28(14-12-27)23-17-31-24-6-5-18(2)15-22(23)24/h5-6,15,17H,4,7-14,16H2,1-3H3. The Hall–Kier alpha value is -2.31. The van der Waals surface area contributed by atoms with Gasteiger partial charge >= 0.3 is 0 Å². The maximum absolute atomic E-state index is 11.8. The number of amides is 1. The molecule has 1 amide bonds. The van der Waals surface area contributed by atoms with Crippen molar-refractivity contribution in [3.05, 3.63) is 50.9 Å². The third-order valence-corrected chi connectivity index (χ3v) is 8.44. The number of thiophene rings is 1. The molecule has 170 valence electrons. The summed E-state index contributed by atoms with van der Waals surface area (Å²) in [7, 11) is 0. The van der Waals surface area contributed by atoms with Crippen molar-refractivity contribution in [1.82, 2.24) is 9.80 Å². The van der Waals surface area contributed by atoms with Gasteiger partial charge in [-0.3, -0.25) is 9.69 Å². The van der Waals surface area contributed by atoms with Crippen LogP contribution in [-0.2, 0) is 30.6 Å². The fourth-order valence-electron chi connectivity index (χ4n) is 5.25. The van der Waals surface area contributed by atoms with Crippen LogP contribution >= 0.6 is 11.3 Å². The number of carbonyl (C=O) groups excluding carboxylic acids is 1. The molecular formula is C26H33N3O2S. The zero-order valence-corrected chi connectivity index (χ0v) is 20.3. The van der Waals surface area contributed by atoms with Crippen molar-refractivity contribution in [2.45, 2.75) is 46.6 Å². The van der Waals surface area contributed by atoms with E-state index in [4.69, 9.17) is 4.42 Å². The smallest absolute Gasteiger partial charge is 0.219 e. The molecule has 3 aromatic rings. The van der Waals surface area contributed by atoms with Gasteiger partial charge in [-0.05, 0) is 49.4 Å². The van der Waals surface area contributed by atoms with Gasteiger partial charge in [0, 0.05) is 61.3 Å². The topological polar surface area (TPSA) is 39.9 Å². The molecule has 2 aromatic heterocycles. The number of carbonyl (C=O) groups is 1. The SMILES string of the molecule is CCc1c(CCN2CCN(c3coc4ccc(C)cc34)CC2)sc2c1CCN(C(C)=O)C2. The maximum atomic E-state index is 11.8. The van der Waals surface area contributed by atoms with Crippen LogP contribution in [0, 0.1) is 6.92 Å². The Morgan fingerprint density at radius 1 is 1.16 bits per heavy atom. The highest BCUT2D eigenvalue weighted by Gasteiger charge is 2.25. The predicted molar refractivity (Wildman–Crippen MR) is 132 cm³/mol. The normalized spacial score (nSPS) is 17.2. The van der Waals surface area contributed by atoms with E-state index in [0.29, 0.717) is 0 Å². The van der Waals surface area contributed by atoms with Gasteiger partial charge in [-0.25, -0.2) is 0 Å². The molecule has 0 saturated carbocycles. The van der Waals surface area contributed by atoms with Gasteiger partial charge < -0.3 is 14.2 Å². The van der Waals surface area contributed by atoms with Crippen molar-refractivity contribution in [3.63, 3.8) is 0 Å². The molecule has 1 aromatic carbocycles. The van der Waals surface area contributed by atoms with Crippen molar-refractivity contribution in [2.24, 2.45) is 0 Å². The number of aryl methyl sites for hydroxylation is 1. The maximum Gasteiger partial charge on any atom is 0.219 e. The van der Waals surface area contributed by atoms with Crippen LogP contribution < -0.4 is 4.90 Å². The van der Waals surface area contributed by atoms with Crippen molar-refractivity contribution in [3.8, 4) is 0 Å². The fraction of sp³-hybridized carbons (Fsp3) is 0.500. The lowest BCUT2D eigenvalue weighted by molar-refractivity contribution is -0.129. The molecular weight excluding hydrogens is 418 g/mol. The van der Waals surface area contributed by atoms with E-state index in [1.807, 2.05) is 22.5 Å². The molecule has 32 heavy (non-hydrogen) atoms. The first-order chi connectivity index (χ1) is 15.5. The van der Waals surface area contributed by atoms with E-state index < -0.39 is 0 Å². The van der Waals surface area contributed by atoms with Gasteiger partial charge in [0.15, 0.2) is 0 Å². The minimum Gasteiger partial charge on any atom is -0.462 e. The number of nitrogens with zero attached hydrogens (tertiary/aromatic N) is 3. The number of fused-ring (bicyclic) bond motifs is 2. The first kappa shape index (κ1) is 21.5. The third-order valence-electron chi connectivity index (χ3n) is 7.13. The van der Waals surface area contributed by atoms with Crippen LogP contribution in [0.5, 0.6) is 0 Å². The average Bonchev–Trinajstić information content (AvgIpc) is 3.37. The monoisotopic (exact) mass is 451 g/mol. The van der Waals surface area contributed by atoms with Crippen LogP contribution in [0.15, 0.2) is 28.9 Å². The molecule has 5 rings (SSSR count). The highest BCUT2D eigenvalue weighted by atomic mass is 32.1. The van der Waals surface area contributed by atoms with E-state index in [0.717, 1.165) is 70.7 Å². The van der Waals surface area contributed by atoms with Gasteiger partial charge in [0.25, 0.3) is 0 Å². The first-order valence-corrected chi connectivity index (χ1v) is 12.7. The molecule has 4 heterocycles. The summed E-state index contributed by atoms with van der Waals surface area (Å²) < 4.78 is 5.80. The van der Waals surface area contributed by atoms with E-state index in [2.05, 4.69) is 41.8 Å². The van der Waals surface area contributed by atoms with Crippen molar-refractivity contribution < 1.29 is 9.21 Å². The van der Waals surface area contributed by atoms with Crippen LogP contribution in [0.3, 0.4) is 0 Å². The number of piperazine rings is 1. The van der Waals surface area contributed by atoms with Gasteiger partial charge in [-0.1, -0.05) is 18.6 Å². The Balaban J connectivity index is 1.21. The fourth-order valence-corrected chi connectivity index (χ4v) is 6.70. The molecule has 0 aliphatic carbocycles. The number of benzene rings is 1. The van der Waals surface area contributed by atoms with E-state index >= 15 is 0 Å². The Morgan fingerprint density at radius 2 is 1.97 bits per heavy atom. The molecule has 1 saturated heterocycles. The number of furan rings is 1. The largest absolute Gasteiger partial charge is 0.462 e. The summed E-state index contributed by atoms with van der Waals surface area (Å²) in [6, 6.07) is 6.42. The molecule has 0 bridgehead atoms. The first-order valence-electron chi connectivity index (χ1n) is 11.9. The average molecular weight is 452 g/mol. The quantitative estimate of drug-likeness (QED) is 0.567. The van der Waals surface area contributed by atoms with Crippen LogP contribution in [-0.4, -0.2) is 55.0 Å². The minimum atomic E-state index is 0.196. The van der Waals surface area contributed by atoms with Crippen molar-refractivity contribution >= 4 is 33.9 Å². The van der Waals surface area contributed by atoms with E-state index in [1.54, 1.807) is 17.4 Å². The molecule has 6 heteroatoms. The minimum absolute atomic E-state index is 0.196. The van der Waals surface area contributed by atoms with Crippen LogP contribution in [0.25, 0.3) is 11.0 Å². The molecule has 0 unspecified atom stereocenters. The zero-order valence-electron chi connectivity index (χ0n) is 19.4. The number of anilines is 1. The van der Waals surface area contributed by atoms with Crippen LogP contribution in [0.2, 0.25) is 0 Å².